The Kier molecular flexibility index (Phi) is 16.6. The number of hydrogen-bond donors (Lipinski definition) is 0. The number of alkyl halides is 24. The van der Waals surface area contributed by atoms with Crippen molar-refractivity contribution in [3.05, 3.63) is 153 Å². The normalized spacial score (nSPS) is 13.5. The van der Waals surface area contributed by atoms with Crippen LogP contribution in [0.5, 0.6) is 0 Å². The van der Waals surface area contributed by atoms with Crippen molar-refractivity contribution in [3.8, 4) is 0 Å². The van der Waals surface area contributed by atoms with E-state index in [-0.39, 0.29) is 5.97 Å². The van der Waals surface area contributed by atoms with Crippen LogP contribution in [0.3, 0.4) is 0 Å². The van der Waals surface area contributed by atoms with Crippen LogP contribution in [0.4, 0.5) is 105 Å². The van der Waals surface area contributed by atoms with E-state index in [1.165, 1.54) is 5.56 Å². The zero-order valence-electron chi connectivity index (χ0n) is 36.0. The lowest BCUT2D eigenvalue weighted by molar-refractivity contribution is -0.144. The topological polar surface area (TPSA) is 26.3 Å². The van der Waals surface area contributed by atoms with Crippen molar-refractivity contribution in [1.82, 2.24) is 0 Å². The first-order valence-corrected chi connectivity index (χ1v) is 21.8. The van der Waals surface area contributed by atoms with E-state index in [1.807, 2.05) is 31.2 Å². The molecule has 0 N–H and O–H groups in total. The predicted octanol–water partition coefficient (Wildman–Crippen LogP) is 13.5. The van der Waals surface area contributed by atoms with Crippen LogP contribution in [0.1, 0.15) is 67.4 Å². The molecule has 0 amide bonds. The van der Waals surface area contributed by atoms with Gasteiger partial charge in [0.1, 0.15) is 11.9 Å². The molecule has 0 aliphatic carbocycles. The minimum Gasteiger partial charge on any atom is -0.462 e. The summed E-state index contributed by atoms with van der Waals surface area (Å²) < 4.78 is 346. The van der Waals surface area contributed by atoms with Crippen LogP contribution in [0.25, 0.3) is 0 Å². The molecule has 2 nitrogen and oxygen atoms in total. The number of benzene rings is 5. The van der Waals surface area contributed by atoms with Crippen LogP contribution in [0.2, 0.25) is 0 Å². The van der Waals surface area contributed by atoms with Crippen molar-refractivity contribution in [2.24, 2.45) is 0 Å². The Bertz CT molecular complexity index is 2280. The first kappa shape index (κ1) is 58.9. The second-order valence-electron chi connectivity index (χ2n) is 15.8. The Hall–Kier alpha value is -5.70. The monoisotopic (exact) mass is 1090 g/mol. The Morgan fingerprint density at radius 1 is 0.389 bits per heavy atom. The predicted molar refractivity (Wildman–Crippen MR) is 215 cm³/mol. The molecule has 0 radical (unpaired) electrons. The van der Waals surface area contributed by atoms with E-state index in [0.717, 1.165) is 5.75 Å². The van der Waals surface area contributed by atoms with Crippen LogP contribution in [-0.2, 0) is 70.8 Å². The number of ether oxygens (including phenoxy) is 1. The van der Waals surface area contributed by atoms with Crippen molar-refractivity contribution in [1.29, 1.82) is 0 Å². The van der Waals surface area contributed by atoms with Gasteiger partial charge in [0, 0.05) is 5.56 Å². The van der Waals surface area contributed by atoms with Crippen LogP contribution in [0, 0.1) is 0 Å². The molecule has 0 atom stereocenters. The fraction of sp³-hybridized carbons (Fsp3) is 0.295. The Morgan fingerprint density at radius 2 is 0.597 bits per heavy atom. The maximum atomic E-state index is 14.2. The van der Waals surface area contributed by atoms with Gasteiger partial charge in [0.2, 0.25) is 0 Å². The summed E-state index contributed by atoms with van der Waals surface area (Å²) in [5.41, 5.74) is -28.3. The quantitative estimate of drug-likeness (QED) is 0.0670. The summed E-state index contributed by atoms with van der Waals surface area (Å²) in [6.45, 7) is 2.24. The number of carbonyl (C=O) groups is 1. The summed E-state index contributed by atoms with van der Waals surface area (Å²) in [6, 6.07) is -1.14. The van der Waals surface area contributed by atoms with E-state index >= 15 is 0 Å². The summed E-state index contributed by atoms with van der Waals surface area (Å²) in [6.07, 6.45) is -50.4. The van der Waals surface area contributed by atoms with E-state index in [0.29, 0.717) is 23.1 Å². The molecule has 0 saturated heterocycles. The summed E-state index contributed by atoms with van der Waals surface area (Å²) >= 11 is 0. The highest BCUT2D eigenvalue weighted by Crippen LogP contribution is 2.41. The van der Waals surface area contributed by atoms with Crippen molar-refractivity contribution in [2.45, 2.75) is 62.1 Å². The van der Waals surface area contributed by atoms with Gasteiger partial charge in [0.25, 0.3) is 0 Å². The maximum Gasteiger partial charge on any atom is 0.416 e. The minimum absolute atomic E-state index is 0.240. The largest absolute Gasteiger partial charge is 0.462 e. The van der Waals surface area contributed by atoms with Crippen LogP contribution in [-0.4, -0.2) is 31.2 Å². The number of esters is 1. The molecule has 0 spiro atoms. The van der Waals surface area contributed by atoms with Crippen molar-refractivity contribution in [2.75, 3.05) is 19.1 Å². The summed E-state index contributed by atoms with van der Waals surface area (Å²) in [5, 5.41) is 0. The van der Waals surface area contributed by atoms with Gasteiger partial charge in [-0.25, -0.2) is 4.79 Å². The van der Waals surface area contributed by atoms with E-state index in [4.69, 9.17) is 4.74 Å². The molecule has 28 heteroatoms. The summed E-state index contributed by atoms with van der Waals surface area (Å²) in [5.74, 6) is 0.833. The highest BCUT2D eigenvalue weighted by molar-refractivity contribution is 7.94. The third-order valence-corrected chi connectivity index (χ3v) is 11.3. The molecule has 394 valence electrons. The van der Waals surface area contributed by atoms with Gasteiger partial charge in [-0.15, -0.1) is 0 Å². The first-order valence-electron chi connectivity index (χ1n) is 19.6. The third kappa shape index (κ3) is 14.1. The molecule has 0 bridgehead atoms. The minimum atomic E-state index is -6.13. The average molecular weight is 1090 g/mol. The summed E-state index contributed by atoms with van der Waals surface area (Å²) in [4.78, 5) is 11.4. The number of carbonyl (C=O) groups excluding carboxylic acids is 1. The molecule has 0 fully saturated rings. The molecule has 0 unspecified atom stereocenters. The van der Waals surface area contributed by atoms with E-state index in [9.17, 15) is 110 Å². The number of rotatable bonds is 8. The molecule has 0 aliphatic heterocycles. The molecule has 0 saturated carbocycles. The number of hydrogen-bond acceptors (Lipinski definition) is 2. The Labute approximate surface area is 393 Å². The maximum absolute atomic E-state index is 14.2. The van der Waals surface area contributed by atoms with E-state index in [2.05, 4.69) is 12.5 Å². The lowest BCUT2D eigenvalue weighted by atomic mass is 9.12. The van der Waals surface area contributed by atoms with Gasteiger partial charge in [-0.3, -0.25) is 0 Å². The second-order valence-corrected chi connectivity index (χ2v) is 18.0. The van der Waals surface area contributed by atoms with Gasteiger partial charge in [-0.2, -0.15) is 127 Å². The first-order chi connectivity index (χ1) is 32.4. The Balaban J connectivity index is 0.000000639. The molecule has 0 heterocycles. The zero-order valence-corrected chi connectivity index (χ0v) is 36.8. The number of halogens is 24. The van der Waals surface area contributed by atoms with Crippen LogP contribution < -0.4 is 21.9 Å². The van der Waals surface area contributed by atoms with Crippen molar-refractivity contribution >= 4 is 44.9 Å². The van der Waals surface area contributed by atoms with Gasteiger partial charge in [-0.1, -0.05) is 60.7 Å². The fourth-order valence-corrected chi connectivity index (χ4v) is 8.21. The van der Waals surface area contributed by atoms with E-state index in [1.54, 1.807) is 0 Å². The van der Waals surface area contributed by atoms with Crippen LogP contribution >= 0.6 is 0 Å². The highest BCUT2D eigenvalue weighted by atomic mass is 32.2. The fourth-order valence-electron chi connectivity index (χ4n) is 7.36. The second kappa shape index (κ2) is 20.3. The molecule has 0 aliphatic rings. The zero-order chi connectivity index (χ0) is 55.2. The van der Waals surface area contributed by atoms with Gasteiger partial charge >= 0.3 is 55.4 Å². The summed E-state index contributed by atoms with van der Waals surface area (Å²) in [7, 11) is 0.397. The molecular formula is C44H29BF24O2S. The van der Waals surface area contributed by atoms with Crippen LogP contribution in [0.15, 0.2) is 97.1 Å². The third-order valence-electron chi connectivity index (χ3n) is 10.4. The van der Waals surface area contributed by atoms with Crippen molar-refractivity contribution in [3.63, 3.8) is 0 Å². The molecule has 5 rings (SSSR count). The Morgan fingerprint density at radius 3 is 0.764 bits per heavy atom. The van der Waals surface area contributed by atoms with Gasteiger partial charge < -0.3 is 4.74 Å². The van der Waals surface area contributed by atoms with E-state index < -0.39 is 195 Å². The SMILES string of the molecule is CCOC(=O)c1ccc(C[S+](C)C)cc1.FC(F)(F)c1cc([B-](c2cc(C(F)(F)F)cc(C(F)(F)F)c2)(c2cc(C(F)(F)F)cc(C(F)(F)F)c2)c2cc(C(F)(F)F)cc(C(F)(F)F)c2)cc(C(F)(F)F)c1. The molecule has 72 heavy (non-hydrogen) atoms. The molecular weight excluding hydrogens is 1060 g/mol. The van der Waals surface area contributed by atoms with Gasteiger partial charge in [0.15, 0.2) is 0 Å². The van der Waals surface area contributed by atoms with Gasteiger partial charge in [0.05, 0.1) is 69.2 Å². The lowest BCUT2D eigenvalue weighted by Crippen LogP contribution is -2.75. The smallest absolute Gasteiger partial charge is 0.416 e. The standard InChI is InChI=1S/C32H12BF24.C12H17O2S/c34-25(35,36)13-1-14(26(37,38)39)6-21(5-13)33(22-7-15(27(40,41)42)2-16(8-22)28(43,44)45,23-9-17(29(46,47)48)3-18(10-23)30(49,50)51)24-11-19(31(52,53)54)4-20(12-24)32(55,56)57;1-4-14-12(13)11-7-5-10(6-8-11)9-15(2)3/h1-12H;5-8H,4,9H2,1-3H3/q-1;+1. The van der Waals surface area contributed by atoms with Gasteiger partial charge in [-0.05, 0) is 54.2 Å². The average Bonchev–Trinajstić information content (AvgIpc) is 3.21. The molecule has 0 aromatic heterocycles. The lowest BCUT2D eigenvalue weighted by Gasteiger charge is -2.46. The molecule has 5 aromatic carbocycles. The van der Waals surface area contributed by atoms with Crippen molar-refractivity contribution < 1.29 is 115 Å². The molecule has 5 aromatic rings. The highest BCUT2D eigenvalue weighted by Gasteiger charge is 2.47.